The van der Waals surface area contributed by atoms with Gasteiger partial charge >= 0.3 is 0 Å². The van der Waals surface area contributed by atoms with Gasteiger partial charge in [-0.3, -0.25) is 0 Å². The van der Waals surface area contributed by atoms with Gasteiger partial charge in [-0.1, -0.05) is 30.3 Å². The second kappa shape index (κ2) is 3.89. The van der Waals surface area contributed by atoms with Crippen LogP contribution in [0.2, 0.25) is 0 Å². The van der Waals surface area contributed by atoms with Crippen molar-refractivity contribution in [3.63, 3.8) is 0 Å². The van der Waals surface area contributed by atoms with Gasteiger partial charge in [-0.2, -0.15) is 10.4 Å². The molecule has 2 rings (SSSR count). The molecule has 1 heterocycles. The summed E-state index contributed by atoms with van der Waals surface area (Å²) in [5.74, 6) is 0. The molecule has 0 saturated carbocycles. The standard InChI is InChI=1S/C12H9N3/c1-9-7-11(8-13)12(15-14-9)10-5-3-2-4-6-10/h2-7H,1H3. The Kier molecular flexibility index (Phi) is 2.42. The highest BCUT2D eigenvalue weighted by molar-refractivity contribution is 5.65. The fraction of sp³-hybridized carbons (Fsp3) is 0.0833. The lowest BCUT2D eigenvalue weighted by Gasteiger charge is -2.02. The van der Waals surface area contributed by atoms with Crippen molar-refractivity contribution in [3.05, 3.63) is 47.7 Å². The van der Waals surface area contributed by atoms with Gasteiger partial charge in [-0.15, -0.1) is 5.10 Å². The third kappa shape index (κ3) is 1.84. The molecule has 0 fully saturated rings. The second-order valence-electron chi connectivity index (χ2n) is 3.23. The lowest BCUT2D eigenvalue weighted by molar-refractivity contribution is 0.981. The Balaban J connectivity index is 2.60. The molecule has 0 amide bonds. The largest absolute Gasteiger partial charge is 0.192 e. The first kappa shape index (κ1) is 9.35. The van der Waals surface area contributed by atoms with E-state index >= 15 is 0 Å². The van der Waals surface area contributed by atoms with E-state index in [1.165, 1.54) is 0 Å². The van der Waals surface area contributed by atoms with Crippen molar-refractivity contribution in [2.45, 2.75) is 6.92 Å². The average molecular weight is 195 g/mol. The van der Waals surface area contributed by atoms with Gasteiger partial charge in [0.25, 0.3) is 0 Å². The van der Waals surface area contributed by atoms with Crippen LogP contribution >= 0.6 is 0 Å². The lowest BCUT2D eigenvalue weighted by atomic mass is 10.1. The molecule has 0 aliphatic carbocycles. The van der Waals surface area contributed by atoms with E-state index in [2.05, 4.69) is 16.3 Å². The summed E-state index contributed by atoms with van der Waals surface area (Å²) in [6, 6.07) is 13.5. The van der Waals surface area contributed by atoms with Crippen molar-refractivity contribution < 1.29 is 0 Å². The van der Waals surface area contributed by atoms with Crippen molar-refractivity contribution in [1.82, 2.24) is 10.2 Å². The number of benzene rings is 1. The maximum absolute atomic E-state index is 8.99. The smallest absolute Gasteiger partial charge is 0.111 e. The molecule has 1 aromatic carbocycles. The predicted octanol–water partition coefficient (Wildman–Crippen LogP) is 2.32. The molecule has 3 nitrogen and oxygen atoms in total. The van der Waals surface area contributed by atoms with E-state index in [1.54, 1.807) is 6.07 Å². The molecule has 1 aromatic heterocycles. The first-order chi connectivity index (χ1) is 7.31. The summed E-state index contributed by atoms with van der Waals surface area (Å²) >= 11 is 0. The molecule has 0 aliphatic heterocycles. The molecule has 0 spiro atoms. The number of hydrogen-bond donors (Lipinski definition) is 0. The molecule has 0 atom stereocenters. The Morgan fingerprint density at radius 1 is 1.13 bits per heavy atom. The summed E-state index contributed by atoms with van der Waals surface area (Å²) in [4.78, 5) is 0. The summed E-state index contributed by atoms with van der Waals surface area (Å²) in [7, 11) is 0. The fourth-order valence-electron chi connectivity index (χ4n) is 1.38. The van der Waals surface area contributed by atoms with Crippen LogP contribution in [0.1, 0.15) is 11.3 Å². The van der Waals surface area contributed by atoms with Crippen molar-refractivity contribution >= 4 is 0 Å². The second-order valence-corrected chi connectivity index (χ2v) is 3.23. The minimum Gasteiger partial charge on any atom is -0.192 e. The van der Waals surface area contributed by atoms with Crippen molar-refractivity contribution in [1.29, 1.82) is 5.26 Å². The highest BCUT2D eigenvalue weighted by atomic mass is 15.1. The van der Waals surface area contributed by atoms with Crippen LogP contribution in [0.3, 0.4) is 0 Å². The molecule has 2 aromatic rings. The number of hydrogen-bond acceptors (Lipinski definition) is 3. The van der Waals surface area contributed by atoms with Gasteiger partial charge < -0.3 is 0 Å². The molecule has 0 N–H and O–H groups in total. The molecule has 0 radical (unpaired) electrons. The maximum atomic E-state index is 8.99. The summed E-state index contributed by atoms with van der Waals surface area (Å²) in [5.41, 5.74) is 2.88. The van der Waals surface area contributed by atoms with Crippen LogP contribution in [0.15, 0.2) is 36.4 Å². The van der Waals surface area contributed by atoms with Crippen LogP contribution in [0.4, 0.5) is 0 Å². The van der Waals surface area contributed by atoms with E-state index in [0.717, 1.165) is 11.3 Å². The number of nitrogens with zero attached hydrogens (tertiary/aromatic N) is 3. The lowest BCUT2D eigenvalue weighted by Crippen LogP contribution is -1.94. The number of rotatable bonds is 1. The van der Waals surface area contributed by atoms with Crippen molar-refractivity contribution in [2.24, 2.45) is 0 Å². The molecular formula is C12H9N3. The molecule has 0 unspecified atom stereocenters. The zero-order chi connectivity index (χ0) is 10.7. The van der Waals surface area contributed by atoms with Crippen molar-refractivity contribution in [2.75, 3.05) is 0 Å². The predicted molar refractivity (Wildman–Crippen MR) is 56.9 cm³/mol. The van der Waals surface area contributed by atoms with Crippen LogP contribution in [0.25, 0.3) is 11.3 Å². The Hall–Kier alpha value is -2.21. The highest BCUT2D eigenvalue weighted by Crippen LogP contribution is 2.19. The van der Waals surface area contributed by atoms with Gasteiger partial charge in [-0.25, -0.2) is 0 Å². The van der Waals surface area contributed by atoms with Crippen LogP contribution < -0.4 is 0 Å². The van der Waals surface area contributed by atoms with Gasteiger partial charge in [0.1, 0.15) is 11.8 Å². The summed E-state index contributed by atoms with van der Waals surface area (Å²) in [5, 5.41) is 17.0. The Morgan fingerprint density at radius 2 is 1.87 bits per heavy atom. The van der Waals surface area contributed by atoms with Gasteiger partial charge in [0.2, 0.25) is 0 Å². The van der Waals surface area contributed by atoms with E-state index in [9.17, 15) is 0 Å². The minimum atomic E-state index is 0.564. The number of aromatic nitrogens is 2. The summed E-state index contributed by atoms with van der Waals surface area (Å²) in [6.45, 7) is 1.82. The van der Waals surface area contributed by atoms with Gasteiger partial charge in [0.05, 0.1) is 11.3 Å². The van der Waals surface area contributed by atoms with E-state index in [4.69, 9.17) is 5.26 Å². The van der Waals surface area contributed by atoms with Gasteiger partial charge in [-0.05, 0) is 13.0 Å². The molecule has 0 aliphatic rings. The number of aryl methyl sites for hydroxylation is 1. The number of nitriles is 1. The third-order valence-electron chi connectivity index (χ3n) is 2.08. The average Bonchev–Trinajstić information content (AvgIpc) is 2.30. The van der Waals surface area contributed by atoms with Crippen LogP contribution in [0.5, 0.6) is 0 Å². The molecule has 15 heavy (non-hydrogen) atoms. The molecule has 3 heteroatoms. The van der Waals surface area contributed by atoms with Crippen LogP contribution in [-0.4, -0.2) is 10.2 Å². The van der Waals surface area contributed by atoms with Crippen molar-refractivity contribution in [3.8, 4) is 17.3 Å². The Morgan fingerprint density at radius 3 is 2.53 bits per heavy atom. The van der Waals surface area contributed by atoms with Gasteiger partial charge in [0, 0.05) is 5.56 Å². The van der Waals surface area contributed by atoms with E-state index in [-0.39, 0.29) is 0 Å². The molecule has 72 valence electrons. The van der Waals surface area contributed by atoms with Crippen LogP contribution in [-0.2, 0) is 0 Å². The van der Waals surface area contributed by atoms with Gasteiger partial charge in [0.15, 0.2) is 0 Å². The van der Waals surface area contributed by atoms with E-state index in [1.807, 2.05) is 37.3 Å². The first-order valence-electron chi connectivity index (χ1n) is 4.61. The quantitative estimate of drug-likeness (QED) is 0.701. The maximum Gasteiger partial charge on any atom is 0.111 e. The monoisotopic (exact) mass is 195 g/mol. The van der Waals surface area contributed by atoms with E-state index in [0.29, 0.717) is 11.3 Å². The zero-order valence-electron chi connectivity index (χ0n) is 8.31. The normalized spacial score (nSPS) is 9.60. The third-order valence-corrected chi connectivity index (χ3v) is 2.08. The SMILES string of the molecule is Cc1cc(C#N)c(-c2ccccc2)nn1. The zero-order valence-corrected chi connectivity index (χ0v) is 8.31. The molecule has 0 saturated heterocycles. The highest BCUT2D eigenvalue weighted by Gasteiger charge is 2.06. The van der Waals surface area contributed by atoms with E-state index < -0.39 is 0 Å². The minimum absolute atomic E-state index is 0.564. The Bertz CT molecular complexity index is 512. The first-order valence-corrected chi connectivity index (χ1v) is 4.61. The Labute approximate surface area is 88.0 Å². The molecular weight excluding hydrogens is 186 g/mol. The summed E-state index contributed by atoms with van der Waals surface area (Å²) in [6.07, 6.45) is 0. The summed E-state index contributed by atoms with van der Waals surface area (Å²) < 4.78 is 0. The van der Waals surface area contributed by atoms with Crippen LogP contribution in [0, 0.1) is 18.3 Å². The topological polar surface area (TPSA) is 49.6 Å². The fourth-order valence-corrected chi connectivity index (χ4v) is 1.38. The molecule has 0 bridgehead atoms.